The van der Waals surface area contributed by atoms with Crippen molar-refractivity contribution in [3.8, 4) is 0 Å². The van der Waals surface area contributed by atoms with Gasteiger partial charge in [0.05, 0.1) is 5.69 Å². The number of carbonyl (C=O) groups is 1. The Morgan fingerprint density at radius 2 is 2.16 bits per heavy atom. The first kappa shape index (κ1) is 13.0. The summed E-state index contributed by atoms with van der Waals surface area (Å²) in [5.41, 5.74) is 5.37. The number of carbonyl (C=O) groups excluding carboxylic acids is 1. The van der Waals surface area contributed by atoms with Crippen molar-refractivity contribution in [2.45, 2.75) is 13.5 Å². The van der Waals surface area contributed by atoms with Crippen molar-refractivity contribution >= 4 is 17.4 Å². The molecule has 3 N–H and O–H groups in total. The second kappa shape index (κ2) is 5.05. The Morgan fingerprint density at radius 1 is 1.42 bits per heavy atom. The van der Waals surface area contributed by atoms with Gasteiger partial charge in [0, 0.05) is 12.3 Å². The highest BCUT2D eigenvalue weighted by molar-refractivity contribution is 5.90. The highest BCUT2D eigenvalue weighted by atomic mass is 19.1. The largest absolute Gasteiger partial charge is 0.382 e. The Hall–Kier alpha value is -2.44. The lowest BCUT2D eigenvalue weighted by Gasteiger charge is -2.08. The molecule has 0 saturated carbocycles. The fourth-order valence-electron chi connectivity index (χ4n) is 1.54. The van der Waals surface area contributed by atoms with Crippen molar-refractivity contribution in [1.29, 1.82) is 0 Å². The maximum absolute atomic E-state index is 13.5. The number of benzene rings is 1. The summed E-state index contributed by atoms with van der Waals surface area (Å²) in [7, 11) is 0. The minimum atomic E-state index is -0.688. The summed E-state index contributed by atoms with van der Waals surface area (Å²) in [5, 5.41) is 6.09. The van der Waals surface area contributed by atoms with E-state index in [9.17, 15) is 13.6 Å². The van der Waals surface area contributed by atoms with E-state index in [1.54, 1.807) is 0 Å². The molecule has 0 aliphatic heterocycles. The second-order valence-corrected chi connectivity index (χ2v) is 4.07. The average Bonchev–Trinajstić information content (AvgIpc) is 2.71. The van der Waals surface area contributed by atoms with Crippen molar-refractivity contribution in [3.05, 3.63) is 41.6 Å². The normalized spacial score (nSPS) is 10.5. The first-order valence-electron chi connectivity index (χ1n) is 5.50. The van der Waals surface area contributed by atoms with Gasteiger partial charge in [-0.15, -0.1) is 0 Å². The van der Waals surface area contributed by atoms with Gasteiger partial charge in [-0.3, -0.25) is 9.48 Å². The van der Waals surface area contributed by atoms with Gasteiger partial charge in [-0.05, 0) is 24.6 Å². The topological polar surface area (TPSA) is 72.9 Å². The number of nitrogens with one attached hydrogen (secondary N) is 1. The Labute approximate surface area is 108 Å². The van der Waals surface area contributed by atoms with Crippen molar-refractivity contribution in [2.24, 2.45) is 0 Å². The highest BCUT2D eigenvalue weighted by Crippen LogP contribution is 2.18. The van der Waals surface area contributed by atoms with E-state index in [1.807, 2.05) is 0 Å². The smallest absolute Gasteiger partial charge is 0.246 e. The summed E-state index contributed by atoms with van der Waals surface area (Å²) in [4.78, 5) is 11.6. The summed E-state index contributed by atoms with van der Waals surface area (Å²) in [6.45, 7) is 1.31. The molecule has 5 nitrogen and oxygen atoms in total. The van der Waals surface area contributed by atoms with Gasteiger partial charge in [-0.2, -0.15) is 5.10 Å². The van der Waals surface area contributed by atoms with E-state index in [1.165, 1.54) is 23.9 Å². The number of nitrogens with zero attached hydrogens (tertiary/aromatic N) is 2. The summed E-state index contributed by atoms with van der Waals surface area (Å²) in [6.07, 6.45) is 1.51. The predicted octanol–water partition coefficient (Wildman–Crippen LogP) is 1.69. The van der Waals surface area contributed by atoms with E-state index in [4.69, 9.17) is 5.73 Å². The van der Waals surface area contributed by atoms with Crippen LogP contribution < -0.4 is 11.1 Å². The molecule has 100 valence electrons. The molecule has 0 aliphatic rings. The number of nitrogen functional groups attached to an aromatic ring is 1. The molecule has 7 heteroatoms. The quantitative estimate of drug-likeness (QED) is 0.887. The van der Waals surface area contributed by atoms with Gasteiger partial charge in [0.2, 0.25) is 5.91 Å². The van der Waals surface area contributed by atoms with E-state index in [2.05, 4.69) is 10.4 Å². The molecule has 2 aromatic rings. The lowest BCUT2D eigenvalue weighted by molar-refractivity contribution is -0.116. The van der Waals surface area contributed by atoms with Crippen molar-refractivity contribution in [2.75, 3.05) is 11.1 Å². The maximum Gasteiger partial charge on any atom is 0.246 e. The monoisotopic (exact) mass is 266 g/mol. The number of anilines is 2. The van der Waals surface area contributed by atoms with Crippen LogP contribution in [0.1, 0.15) is 5.56 Å². The summed E-state index contributed by atoms with van der Waals surface area (Å²) < 4.78 is 28.1. The standard InChI is InChI=1S/C12H12F2N4O/c1-7-4-9(14)10(5-8(7)13)16-12(19)6-18-3-2-11(15)17-18/h2-5H,6H2,1H3,(H2,15,17)(H,16,19). The summed E-state index contributed by atoms with van der Waals surface area (Å²) in [6, 6.07) is 3.50. The molecule has 1 aromatic carbocycles. The number of rotatable bonds is 3. The molecule has 2 rings (SSSR count). The third-order valence-corrected chi connectivity index (χ3v) is 2.49. The van der Waals surface area contributed by atoms with Gasteiger partial charge in [-0.25, -0.2) is 8.78 Å². The van der Waals surface area contributed by atoms with E-state index < -0.39 is 17.5 Å². The van der Waals surface area contributed by atoms with Crippen LogP contribution in [0.15, 0.2) is 24.4 Å². The van der Waals surface area contributed by atoms with Gasteiger partial charge in [0.15, 0.2) is 0 Å². The molecule has 0 radical (unpaired) electrons. The number of aryl methyl sites for hydroxylation is 1. The number of hydrogen-bond donors (Lipinski definition) is 2. The first-order valence-corrected chi connectivity index (χ1v) is 5.50. The summed E-state index contributed by atoms with van der Waals surface area (Å²) >= 11 is 0. The fourth-order valence-corrected chi connectivity index (χ4v) is 1.54. The van der Waals surface area contributed by atoms with Crippen LogP contribution in [0.25, 0.3) is 0 Å². The molecule has 1 amide bonds. The number of hydrogen-bond acceptors (Lipinski definition) is 3. The maximum atomic E-state index is 13.5. The molecular formula is C12H12F2N4O. The number of nitrogens with two attached hydrogens (primary N) is 1. The van der Waals surface area contributed by atoms with Gasteiger partial charge >= 0.3 is 0 Å². The SMILES string of the molecule is Cc1cc(F)c(NC(=O)Cn2ccc(N)n2)cc1F. The lowest BCUT2D eigenvalue weighted by Crippen LogP contribution is -2.20. The highest BCUT2D eigenvalue weighted by Gasteiger charge is 2.11. The van der Waals surface area contributed by atoms with E-state index in [0.29, 0.717) is 0 Å². The average molecular weight is 266 g/mol. The molecule has 0 atom stereocenters. The number of halogens is 2. The molecule has 0 fully saturated rings. The second-order valence-electron chi connectivity index (χ2n) is 4.07. The molecule has 0 bridgehead atoms. The third-order valence-electron chi connectivity index (χ3n) is 2.49. The van der Waals surface area contributed by atoms with E-state index >= 15 is 0 Å². The number of aromatic nitrogens is 2. The van der Waals surface area contributed by atoms with Crippen molar-refractivity contribution < 1.29 is 13.6 Å². The van der Waals surface area contributed by atoms with Crippen LogP contribution in [0.2, 0.25) is 0 Å². The summed E-state index contributed by atoms with van der Waals surface area (Å²) in [5.74, 6) is -1.52. The van der Waals surface area contributed by atoms with Crippen LogP contribution in [0.5, 0.6) is 0 Å². The van der Waals surface area contributed by atoms with Crippen LogP contribution in [-0.4, -0.2) is 15.7 Å². The first-order chi connectivity index (χ1) is 8.95. The van der Waals surface area contributed by atoms with E-state index in [0.717, 1.165) is 12.1 Å². The predicted molar refractivity (Wildman–Crippen MR) is 66.4 cm³/mol. The van der Waals surface area contributed by atoms with Crippen LogP contribution in [-0.2, 0) is 11.3 Å². The molecule has 1 heterocycles. The fraction of sp³-hybridized carbons (Fsp3) is 0.167. The Balaban J connectivity index is 2.09. The molecule has 0 spiro atoms. The molecular weight excluding hydrogens is 254 g/mol. The van der Waals surface area contributed by atoms with Crippen molar-refractivity contribution in [3.63, 3.8) is 0 Å². The Morgan fingerprint density at radius 3 is 2.79 bits per heavy atom. The van der Waals surface area contributed by atoms with Crippen LogP contribution >= 0.6 is 0 Å². The molecule has 19 heavy (non-hydrogen) atoms. The zero-order valence-electron chi connectivity index (χ0n) is 10.2. The molecule has 0 aliphatic carbocycles. The Bertz CT molecular complexity index is 624. The lowest BCUT2D eigenvalue weighted by atomic mass is 10.2. The number of amides is 1. The molecule has 0 unspecified atom stereocenters. The van der Waals surface area contributed by atoms with Gasteiger partial charge in [-0.1, -0.05) is 0 Å². The third kappa shape index (κ3) is 3.06. The zero-order chi connectivity index (χ0) is 14.0. The van der Waals surface area contributed by atoms with Crippen LogP contribution in [0.3, 0.4) is 0 Å². The van der Waals surface area contributed by atoms with Gasteiger partial charge in [0.25, 0.3) is 0 Å². The molecule has 1 aromatic heterocycles. The van der Waals surface area contributed by atoms with Crippen LogP contribution in [0, 0.1) is 18.6 Å². The Kier molecular flexibility index (Phi) is 3.46. The minimum Gasteiger partial charge on any atom is -0.382 e. The van der Waals surface area contributed by atoms with Gasteiger partial charge in [0.1, 0.15) is 24.0 Å². The van der Waals surface area contributed by atoms with Crippen LogP contribution in [0.4, 0.5) is 20.3 Å². The zero-order valence-corrected chi connectivity index (χ0v) is 10.2. The van der Waals surface area contributed by atoms with E-state index in [-0.39, 0.29) is 23.6 Å². The molecule has 0 saturated heterocycles. The van der Waals surface area contributed by atoms with Crippen molar-refractivity contribution in [1.82, 2.24) is 9.78 Å². The van der Waals surface area contributed by atoms with Gasteiger partial charge < -0.3 is 11.1 Å². The minimum absolute atomic E-state index is 0.133.